The van der Waals surface area contributed by atoms with Gasteiger partial charge in [-0.3, -0.25) is 4.79 Å². The van der Waals surface area contributed by atoms with Crippen molar-refractivity contribution in [2.24, 2.45) is 5.92 Å². The summed E-state index contributed by atoms with van der Waals surface area (Å²) in [5.41, 5.74) is 1.36. The van der Waals surface area contributed by atoms with Crippen LogP contribution in [0.2, 0.25) is 0 Å². The van der Waals surface area contributed by atoms with Gasteiger partial charge in [0.2, 0.25) is 5.91 Å². The van der Waals surface area contributed by atoms with E-state index in [1.165, 1.54) is 10.4 Å². The van der Waals surface area contributed by atoms with Gasteiger partial charge in [-0.1, -0.05) is 0 Å². The number of nitrogens with zero attached hydrogens (tertiary/aromatic N) is 1. The Morgan fingerprint density at radius 1 is 1.53 bits per heavy atom. The summed E-state index contributed by atoms with van der Waals surface area (Å²) in [7, 11) is 0. The minimum absolute atomic E-state index is 0. The van der Waals surface area contributed by atoms with Gasteiger partial charge in [0, 0.05) is 18.0 Å². The lowest BCUT2D eigenvalue weighted by Crippen LogP contribution is -2.46. The first kappa shape index (κ1) is 14.8. The van der Waals surface area contributed by atoms with Gasteiger partial charge in [-0.15, -0.1) is 23.7 Å². The van der Waals surface area contributed by atoms with Crippen molar-refractivity contribution in [2.45, 2.75) is 32.2 Å². The summed E-state index contributed by atoms with van der Waals surface area (Å²) in [5, 5.41) is 5.49. The molecule has 1 aromatic rings. The average molecular weight is 301 g/mol. The highest BCUT2D eigenvalue weighted by molar-refractivity contribution is 7.10. The third-order valence-corrected chi connectivity index (χ3v) is 5.20. The Morgan fingerprint density at radius 3 is 3.11 bits per heavy atom. The first-order valence-corrected chi connectivity index (χ1v) is 7.73. The van der Waals surface area contributed by atoms with Crippen LogP contribution in [0, 0.1) is 5.92 Å². The van der Waals surface area contributed by atoms with Crippen LogP contribution in [0.4, 0.5) is 0 Å². The Labute approximate surface area is 124 Å². The van der Waals surface area contributed by atoms with Gasteiger partial charge in [-0.2, -0.15) is 0 Å². The Balaban J connectivity index is 0.00000133. The lowest BCUT2D eigenvalue weighted by Gasteiger charge is -2.37. The average Bonchev–Trinajstić information content (AvgIpc) is 2.89. The van der Waals surface area contributed by atoms with Crippen molar-refractivity contribution in [1.29, 1.82) is 0 Å². The number of thiophene rings is 1. The fourth-order valence-corrected chi connectivity index (χ4v) is 4.07. The van der Waals surface area contributed by atoms with Crippen LogP contribution in [0.5, 0.6) is 0 Å². The Hall–Kier alpha value is -0.580. The van der Waals surface area contributed by atoms with E-state index in [0.717, 1.165) is 38.9 Å². The molecule has 1 aromatic heterocycles. The predicted molar refractivity (Wildman–Crippen MR) is 81.0 cm³/mol. The standard InChI is InChI=1S/C14H20N2OS.ClH/c1-10-12-5-8-18-13(12)4-7-16(10)14(17)11-3-2-6-15-9-11;/h5,8,10-11,15H,2-4,6-7,9H2,1H3;1H. The molecule has 19 heavy (non-hydrogen) atoms. The smallest absolute Gasteiger partial charge is 0.227 e. The number of nitrogens with one attached hydrogen (secondary N) is 1. The van der Waals surface area contributed by atoms with Gasteiger partial charge in [0.25, 0.3) is 0 Å². The number of hydrogen-bond acceptors (Lipinski definition) is 3. The minimum atomic E-state index is 0. The molecule has 0 bridgehead atoms. The van der Waals surface area contributed by atoms with Crippen LogP contribution in [-0.4, -0.2) is 30.4 Å². The zero-order valence-electron chi connectivity index (χ0n) is 11.2. The number of piperidine rings is 1. The first-order chi connectivity index (χ1) is 8.77. The van der Waals surface area contributed by atoms with Gasteiger partial charge >= 0.3 is 0 Å². The molecule has 0 radical (unpaired) electrons. The van der Waals surface area contributed by atoms with Crippen LogP contribution in [0.15, 0.2) is 11.4 Å². The Bertz CT molecular complexity index is 442. The van der Waals surface area contributed by atoms with Crippen molar-refractivity contribution in [3.63, 3.8) is 0 Å². The van der Waals surface area contributed by atoms with E-state index in [2.05, 4.69) is 28.6 Å². The molecule has 3 nitrogen and oxygen atoms in total. The van der Waals surface area contributed by atoms with E-state index in [1.807, 2.05) is 11.3 Å². The number of fused-ring (bicyclic) bond motifs is 1. The molecule has 5 heteroatoms. The molecule has 1 saturated heterocycles. The van der Waals surface area contributed by atoms with Crippen LogP contribution in [0.25, 0.3) is 0 Å². The van der Waals surface area contributed by atoms with Crippen LogP contribution < -0.4 is 5.32 Å². The monoisotopic (exact) mass is 300 g/mol. The van der Waals surface area contributed by atoms with Crippen LogP contribution in [0.1, 0.15) is 36.2 Å². The lowest BCUT2D eigenvalue weighted by atomic mass is 9.94. The molecule has 0 saturated carbocycles. The highest BCUT2D eigenvalue weighted by atomic mass is 35.5. The molecule has 1 N–H and O–H groups in total. The van der Waals surface area contributed by atoms with Gasteiger partial charge in [0.1, 0.15) is 0 Å². The molecule has 1 amide bonds. The molecule has 0 aliphatic carbocycles. The van der Waals surface area contributed by atoms with E-state index in [4.69, 9.17) is 0 Å². The van der Waals surface area contributed by atoms with Gasteiger partial charge in [-0.05, 0) is 49.7 Å². The molecular formula is C14H21ClN2OS. The summed E-state index contributed by atoms with van der Waals surface area (Å²) < 4.78 is 0. The molecule has 2 unspecified atom stereocenters. The van der Waals surface area contributed by atoms with E-state index in [9.17, 15) is 4.79 Å². The maximum atomic E-state index is 12.6. The van der Waals surface area contributed by atoms with E-state index in [-0.39, 0.29) is 24.4 Å². The maximum Gasteiger partial charge on any atom is 0.227 e. The molecule has 2 aliphatic rings. The van der Waals surface area contributed by atoms with Crippen LogP contribution in [-0.2, 0) is 11.2 Å². The van der Waals surface area contributed by atoms with E-state index >= 15 is 0 Å². The van der Waals surface area contributed by atoms with E-state index in [0.29, 0.717) is 5.91 Å². The highest BCUT2D eigenvalue weighted by Crippen LogP contribution is 2.34. The van der Waals surface area contributed by atoms with Crippen molar-refractivity contribution >= 4 is 29.7 Å². The number of amides is 1. The molecule has 2 atom stereocenters. The summed E-state index contributed by atoms with van der Waals surface area (Å²) in [6.45, 7) is 4.98. The normalized spacial score (nSPS) is 26.5. The maximum absolute atomic E-state index is 12.6. The summed E-state index contributed by atoms with van der Waals surface area (Å²) in [6, 6.07) is 2.44. The number of halogens is 1. The second-order valence-electron chi connectivity index (χ2n) is 5.30. The number of carbonyl (C=O) groups is 1. The lowest BCUT2D eigenvalue weighted by molar-refractivity contribution is -0.138. The SMILES string of the molecule is CC1c2ccsc2CCN1C(=O)C1CCCNC1.Cl. The van der Waals surface area contributed by atoms with E-state index in [1.54, 1.807) is 0 Å². The summed E-state index contributed by atoms with van der Waals surface area (Å²) in [5.74, 6) is 0.549. The van der Waals surface area contributed by atoms with Crippen molar-refractivity contribution in [2.75, 3.05) is 19.6 Å². The van der Waals surface area contributed by atoms with Crippen molar-refractivity contribution in [3.05, 3.63) is 21.9 Å². The third kappa shape index (κ3) is 2.81. The second-order valence-corrected chi connectivity index (χ2v) is 6.30. The first-order valence-electron chi connectivity index (χ1n) is 6.85. The Morgan fingerprint density at radius 2 is 2.37 bits per heavy atom. The van der Waals surface area contributed by atoms with Gasteiger partial charge in [0.15, 0.2) is 0 Å². The van der Waals surface area contributed by atoms with E-state index < -0.39 is 0 Å². The quantitative estimate of drug-likeness (QED) is 0.865. The topological polar surface area (TPSA) is 32.3 Å². The van der Waals surface area contributed by atoms with Gasteiger partial charge < -0.3 is 10.2 Å². The molecule has 106 valence electrons. The summed E-state index contributed by atoms with van der Waals surface area (Å²) in [4.78, 5) is 16.1. The highest BCUT2D eigenvalue weighted by Gasteiger charge is 2.32. The molecule has 3 rings (SSSR count). The van der Waals surface area contributed by atoms with Crippen molar-refractivity contribution in [3.8, 4) is 0 Å². The fraction of sp³-hybridized carbons (Fsp3) is 0.643. The minimum Gasteiger partial charge on any atom is -0.335 e. The molecule has 1 fully saturated rings. The molecule has 3 heterocycles. The molecular weight excluding hydrogens is 280 g/mol. The number of hydrogen-bond donors (Lipinski definition) is 1. The van der Waals surface area contributed by atoms with Crippen LogP contribution in [0.3, 0.4) is 0 Å². The predicted octanol–water partition coefficient (Wildman–Crippen LogP) is 2.62. The van der Waals surface area contributed by atoms with Crippen LogP contribution >= 0.6 is 23.7 Å². The van der Waals surface area contributed by atoms with Crippen molar-refractivity contribution < 1.29 is 4.79 Å². The third-order valence-electron chi connectivity index (χ3n) is 4.21. The summed E-state index contributed by atoms with van der Waals surface area (Å²) in [6.07, 6.45) is 3.21. The van der Waals surface area contributed by atoms with Gasteiger partial charge in [0.05, 0.1) is 12.0 Å². The zero-order valence-corrected chi connectivity index (χ0v) is 12.9. The fourth-order valence-electron chi connectivity index (χ4n) is 3.11. The zero-order chi connectivity index (χ0) is 12.5. The molecule has 2 aliphatic heterocycles. The molecule has 0 spiro atoms. The number of carbonyl (C=O) groups excluding carboxylic acids is 1. The van der Waals surface area contributed by atoms with Gasteiger partial charge in [-0.25, -0.2) is 0 Å². The molecule has 0 aromatic carbocycles. The second kappa shape index (κ2) is 6.25. The van der Waals surface area contributed by atoms with Crippen molar-refractivity contribution in [1.82, 2.24) is 10.2 Å². The largest absolute Gasteiger partial charge is 0.335 e. The Kier molecular flexibility index (Phi) is 4.87. The number of rotatable bonds is 1. The summed E-state index contributed by atoms with van der Waals surface area (Å²) >= 11 is 1.83.